The first-order chi connectivity index (χ1) is 9.20. The molecule has 1 saturated carbocycles. The normalized spacial score (nSPS) is 26.9. The average molecular weight is 263 g/mol. The Morgan fingerprint density at radius 1 is 1.21 bits per heavy atom. The first-order valence-electron chi connectivity index (χ1n) is 8.10. The van der Waals surface area contributed by atoms with Crippen molar-refractivity contribution >= 4 is 0 Å². The third kappa shape index (κ3) is 4.19. The van der Waals surface area contributed by atoms with E-state index in [2.05, 4.69) is 30.1 Å². The third-order valence-corrected chi connectivity index (χ3v) is 4.75. The summed E-state index contributed by atoms with van der Waals surface area (Å²) in [4.78, 5) is 2.67. The van der Waals surface area contributed by atoms with Crippen LogP contribution in [-0.2, 0) is 0 Å². The highest BCUT2D eigenvalue weighted by atomic mass is 15.2. The number of rotatable bonds is 6. The van der Waals surface area contributed by atoms with Crippen molar-refractivity contribution in [3.63, 3.8) is 0 Å². The van der Waals surface area contributed by atoms with Gasteiger partial charge in [0.15, 0.2) is 0 Å². The van der Waals surface area contributed by atoms with Gasteiger partial charge in [-0.1, -0.05) is 12.8 Å². The molecule has 108 valence electrons. The van der Waals surface area contributed by atoms with Crippen LogP contribution in [0.2, 0.25) is 0 Å². The molecule has 0 amide bonds. The highest BCUT2D eigenvalue weighted by molar-refractivity contribution is 4.93. The lowest BCUT2D eigenvalue weighted by Gasteiger charge is -2.30. The molecule has 2 atom stereocenters. The van der Waals surface area contributed by atoms with Crippen molar-refractivity contribution in [1.82, 2.24) is 10.2 Å². The number of nitrogens with one attached hydrogen (secondary N) is 1. The van der Waals surface area contributed by atoms with Crippen LogP contribution in [0, 0.1) is 17.2 Å². The Morgan fingerprint density at radius 3 is 2.58 bits per heavy atom. The van der Waals surface area contributed by atoms with Gasteiger partial charge in [0.05, 0.1) is 12.1 Å². The molecule has 1 saturated heterocycles. The molecule has 0 aromatic rings. The Hall–Kier alpha value is -0.590. The van der Waals surface area contributed by atoms with Gasteiger partial charge in [-0.05, 0) is 58.4 Å². The summed E-state index contributed by atoms with van der Waals surface area (Å²) in [5, 5.41) is 12.5. The second-order valence-corrected chi connectivity index (χ2v) is 6.58. The molecule has 0 aromatic heterocycles. The van der Waals surface area contributed by atoms with Crippen LogP contribution in [0.3, 0.4) is 0 Å². The van der Waals surface area contributed by atoms with Crippen molar-refractivity contribution in [2.45, 2.75) is 76.9 Å². The molecule has 3 nitrogen and oxygen atoms in total. The van der Waals surface area contributed by atoms with E-state index in [4.69, 9.17) is 0 Å². The summed E-state index contributed by atoms with van der Waals surface area (Å²) >= 11 is 0. The maximum atomic E-state index is 9.20. The monoisotopic (exact) mass is 263 g/mol. The number of nitriles is 1. The number of hydrogen-bond donors (Lipinski definition) is 1. The van der Waals surface area contributed by atoms with Gasteiger partial charge in [-0.15, -0.1) is 0 Å². The van der Waals surface area contributed by atoms with Crippen LogP contribution < -0.4 is 5.32 Å². The van der Waals surface area contributed by atoms with Gasteiger partial charge in [-0.2, -0.15) is 5.26 Å². The van der Waals surface area contributed by atoms with Crippen LogP contribution in [0.15, 0.2) is 0 Å². The van der Waals surface area contributed by atoms with Gasteiger partial charge in [-0.3, -0.25) is 5.32 Å². The Bertz CT molecular complexity index is 302. The predicted octanol–water partition coefficient (Wildman–Crippen LogP) is 2.92. The van der Waals surface area contributed by atoms with E-state index in [1.165, 1.54) is 45.1 Å². The number of nitrogens with zero attached hydrogens (tertiary/aromatic N) is 2. The first-order valence-corrected chi connectivity index (χ1v) is 8.10. The van der Waals surface area contributed by atoms with Gasteiger partial charge >= 0.3 is 0 Å². The molecule has 2 unspecified atom stereocenters. The minimum absolute atomic E-state index is 0.0184. The quantitative estimate of drug-likeness (QED) is 0.801. The van der Waals surface area contributed by atoms with Crippen LogP contribution in [0.25, 0.3) is 0 Å². The molecule has 1 aliphatic heterocycles. The van der Waals surface area contributed by atoms with E-state index < -0.39 is 0 Å². The Morgan fingerprint density at radius 2 is 1.95 bits per heavy atom. The molecule has 19 heavy (non-hydrogen) atoms. The van der Waals surface area contributed by atoms with Crippen molar-refractivity contribution in [2.24, 2.45) is 5.92 Å². The Balaban J connectivity index is 1.79. The van der Waals surface area contributed by atoms with Crippen molar-refractivity contribution in [1.29, 1.82) is 5.26 Å². The molecule has 0 bridgehead atoms. The van der Waals surface area contributed by atoms with Crippen molar-refractivity contribution in [2.75, 3.05) is 13.1 Å². The molecule has 1 N–H and O–H groups in total. The van der Waals surface area contributed by atoms with Crippen molar-refractivity contribution in [3.05, 3.63) is 0 Å². The van der Waals surface area contributed by atoms with E-state index in [-0.39, 0.29) is 6.04 Å². The van der Waals surface area contributed by atoms with Crippen molar-refractivity contribution < 1.29 is 0 Å². The fraction of sp³-hybridized carbons (Fsp3) is 0.938. The fourth-order valence-electron chi connectivity index (χ4n) is 3.89. The van der Waals surface area contributed by atoms with E-state index in [1.807, 2.05) is 0 Å². The van der Waals surface area contributed by atoms with E-state index in [0.717, 1.165) is 24.9 Å². The van der Waals surface area contributed by atoms with Gasteiger partial charge in [0.25, 0.3) is 0 Å². The molecule has 2 aliphatic rings. The summed E-state index contributed by atoms with van der Waals surface area (Å²) < 4.78 is 0. The standard InChI is InChI=1S/C16H29N3/c1-13(2)18-15(12-17)9-11-19-10-5-8-16(19)14-6-3-4-7-14/h13-16,18H,3-11H2,1-2H3. The van der Waals surface area contributed by atoms with Crippen LogP contribution in [0.1, 0.15) is 58.8 Å². The van der Waals surface area contributed by atoms with E-state index >= 15 is 0 Å². The molecule has 0 aromatic carbocycles. The lowest BCUT2D eigenvalue weighted by Crippen LogP contribution is -2.40. The lowest BCUT2D eigenvalue weighted by atomic mass is 9.96. The molecule has 3 heteroatoms. The Labute approximate surface area is 118 Å². The van der Waals surface area contributed by atoms with Crippen LogP contribution in [0.5, 0.6) is 0 Å². The SMILES string of the molecule is CC(C)NC(C#N)CCN1CCCC1C1CCCC1. The van der Waals surface area contributed by atoms with E-state index in [9.17, 15) is 5.26 Å². The molecule has 2 rings (SSSR count). The zero-order valence-electron chi connectivity index (χ0n) is 12.6. The lowest BCUT2D eigenvalue weighted by molar-refractivity contribution is 0.185. The second-order valence-electron chi connectivity index (χ2n) is 6.58. The fourth-order valence-corrected chi connectivity index (χ4v) is 3.89. The van der Waals surface area contributed by atoms with Crippen LogP contribution in [-0.4, -0.2) is 36.1 Å². The van der Waals surface area contributed by atoms with E-state index in [1.54, 1.807) is 0 Å². The molecular weight excluding hydrogens is 234 g/mol. The summed E-state index contributed by atoms with van der Waals surface area (Å²) in [6.07, 6.45) is 9.46. The van der Waals surface area contributed by atoms with Crippen LogP contribution in [0.4, 0.5) is 0 Å². The van der Waals surface area contributed by atoms with Crippen molar-refractivity contribution in [3.8, 4) is 6.07 Å². The minimum Gasteiger partial charge on any atom is -0.300 e. The number of likely N-dealkylation sites (tertiary alicyclic amines) is 1. The molecular formula is C16H29N3. The summed E-state index contributed by atoms with van der Waals surface area (Å²) in [5.74, 6) is 0.945. The highest BCUT2D eigenvalue weighted by Gasteiger charge is 2.33. The largest absolute Gasteiger partial charge is 0.300 e. The third-order valence-electron chi connectivity index (χ3n) is 4.75. The minimum atomic E-state index is 0.0184. The van der Waals surface area contributed by atoms with Gasteiger partial charge in [0.1, 0.15) is 0 Å². The van der Waals surface area contributed by atoms with Gasteiger partial charge in [-0.25, -0.2) is 0 Å². The molecule has 1 heterocycles. The second kappa shape index (κ2) is 7.26. The molecule has 1 aliphatic carbocycles. The summed E-state index contributed by atoms with van der Waals surface area (Å²) in [7, 11) is 0. The molecule has 2 fully saturated rings. The maximum Gasteiger partial charge on any atom is 0.0967 e. The summed E-state index contributed by atoms with van der Waals surface area (Å²) in [5.41, 5.74) is 0. The van der Waals surface area contributed by atoms with Gasteiger partial charge < -0.3 is 4.90 Å². The smallest absolute Gasteiger partial charge is 0.0967 e. The topological polar surface area (TPSA) is 39.1 Å². The molecule has 0 radical (unpaired) electrons. The van der Waals surface area contributed by atoms with Gasteiger partial charge in [0.2, 0.25) is 0 Å². The number of hydrogen-bond acceptors (Lipinski definition) is 3. The average Bonchev–Trinajstić information content (AvgIpc) is 3.03. The summed E-state index contributed by atoms with van der Waals surface area (Å²) in [6, 6.07) is 3.64. The molecule has 0 spiro atoms. The zero-order chi connectivity index (χ0) is 13.7. The zero-order valence-corrected chi connectivity index (χ0v) is 12.6. The van der Waals surface area contributed by atoms with E-state index in [0.29, 0.717) is 6.04 Å². The Kier molecular flexibility index (Phi) is 5.66. The highest BCUT2D eigenvalue weighted by Crippen LogP contribution is 2.35. The summed E-state index contributed by atoms with van der Waals surface area (Å²) in [6.45, 7) is 6.57. The van der Waals surface area contributed by atoms with Crippen LogP contribution >= 0.6 is 0 Å². The predicted molar refractivity (Wildman–Crippen MR) is 78.8 cm³/mol. The first kappa shape index (κ1) is 14.8. The maximum absolute atomic E-state index is 9.20. The van der Waals surface area contributed by atoms with Gasteiger partial charge in [0, 0.05) is 18.6 Å².